The van der Waals surface area contributed by atoms with E-state index in [9.17, 15) is 18.0 Å². The van der Waals surface area contributed by atoms with Gasteiger partial charge < -0.3 is 5.32 Å². The fourth-order valence-electron chi connectivity index (χ4n) is 1.04. The molecule has 0 aliphatic heterocycles. The van der Waals surface area contributed by atoms with Gasteiger partial charge in [-0.05, 0) is 12.1 Å². The van der Waals surface area contributed by atoms with Gasteiger partial charge in [0.15, 0.2) is 17.5 Å². The lowest BCUT2D eigenvalue weighted by molar-refractivity contribution is -0.113. The minimum Gasteiger partial charge on any atom is -0.323 e. The molecule has 0 saturated heterocycles. The second-order valence-corrected chi connectivity index (χ2v) is 4.11. The number of nitrogens with one attached hydrogen (secondary N) is 1. The summed E-state index contributed by atoms with van der Waals surface area (Å²) in [6, 6.07) is 1.73. The van der Waals surface area contributed by atoms with Crippen LogP contribution < -0.4 is 5.32 Å². The standard InChI is InChI=1S/C11H10F3NOS/c1-2-5-17-6-9(16)15-8-4-3-7(12)10(13)11(8)14/h2-4H,1,5-6H2,(H,15,16). The average Bonchev–Trinajstić information content (AvgIpc) is 2.30. The summed E-state index contributed by atoms with van der Waals surface area (Å²) in [7, 11) is 0. The molecule has 0 fully saturated rings. The summed E-state index contributed by atoms with van der Waals surface area (Å²) >= 11 is 1.27. The van der Waals surface area contributed by atoms with Crippen molar-refractivity contribution in [2.24, 2.45) is 0 Å². The second-order valence-electron chi connectivity index (χ2n) is 3.07. The van der Waals surface area contributed by atoms with E-state index < -0.39 is 23.4 Å². The van der Waals surface area contributed by atoms with Gasteiger partial charge in [0, 0.05) is 5.75 Å². The summed E-state index contributed by atoms with van der Waals surface area (Å²) in [6.07, 6.45) is 1.62. The van der Waals surface area contributed by atoms with Gasteiger partial charge in [-0.1, -0.05) is 6.08 Å². The number of hydrogen-bond acceptors (Lipinski definition) is 2. The fourth-order valence-corrected chi connectivity index (χ4v) is 1.59. The lowest BCUT2D eigenvalue weighted by atomic mass is 10.3. The monoisotopic (exact) mass is 261 g/mol. The van der Waals surface area contributed by atoms with E-state index in [1.165, 1.54) is 11.8 Å². The van der Waals surface area contributed by atoms with Crippen LogP contribution in [0.25, 0.3) is 0 Å². The molecule has 0 unspecified atom stereocenters. The molecule has 1 aromatic rings. The number of thioether (sulfide) groups is 1. The summed E-state index contributed by atoms with van der Waals surface area (Å²) in [5, 5.41) is 2.16. The first kappa shape index (κ1) is 13.6. The zero-order chi connectivity index (χ0) is 12.8. The minimum absolute atomic E-state index is 0.0878. The van der Waals surface area contributed by atoms with E-state index >= 15 is 0 Å². The Labute approximate surface area is 101 Å². The van der Waals surface area contributed by atoms with E-state index in [-0.39, 0.29) is 11.4 Å². The first-order valence-electron chi connectivity index (χ1n) is 4.68. The molecule has 0 aromatic heterocycles. The van der Waals surface area contributed by atoms with Gasteiger partial charge in [-0.2, -0.15) is 0 Å². The molecule has 1 amide bonds. The zero-order valence-electron chi connectivity index (χ0n) is 8.80. The third-order valence-electron chi connectivity index (χ3n) is 1.78. The van der Waals surface area contributed by atoms with Crippen molar-refractivity contribution >= 4 is 23.4 Å². The van der Waals surface area contributed by atoms with Gasteiger partial charge in [-0.25, -0.2) is 13.2 Å². The number of anilines is 1. The third kappa shape index (κ3) is 3.81. The SMILES string of the molecule is C=CCSCC(=O)Nc1ccc(F)c(F)c1F. The molecule has 0 bridgehead atoms. The van der Waals surface area contributed by atoms with Crippen LogP contribution in [0.15, 0.2) is 24.8 Å². The molecule has 0 aliphatic rings. The molecular weight excluding hydrogens is 251 g/mol. The van der Waals surface area contributed by atoms with E-state index in [2.05, 4.69) is 11.9 Å². The summed E-state index contributed by atoms with van der Waals surface area (Å²) in [6.45, 7) is 3.47. The molecule has 1 N–H and O–H groups in total. The minimum atomic E-state index is -1.60. The van der Waals surface area contributed by atoms with Crippen molar-refractivity contribution in [3.8, 4) is 0 Å². The van der Waals surface area contributed by atoms with E-state index in [1.54, 1.807) is 6.08 Å². The molecule has 2 nitrogen and oxygen atoms in total. The van der Waals surface area contributed by atoms with E-state index in [0.717, 1.165) is 12.1 Å². The zero-order valence-corrected chi connectivity index (χ0v) is 9.62. The Morgan fingerprint density at radius 3 is 2.71 bits per heavy atom. The van der Waals surface area contributed by atoms with Crippen LogP contribution in [-0.4, -0.2) is 17.4 Å². The summed E-state index contributed by atoms with van der Waals surface area (Å²) < 4.78 is 38.6. The number of halogens is 3. The quantitative estimate of drug-likeness (QED) is 0.501. The van der Waals surface area contributed by atoms with Crippen molar-refractivity contribution < 1.29 is 18.0 Å². The molecule has 0 aliphatic carbocycles. The predicted octanol–water partition coefficient (Wildman–Crippen LogP) is 2.96. The Morgan fingerprint density at radius 2 is 2.06 bits per heavy atom. The van der Waals surface area contributed by atoms with Crippen molar-refractivity contribution in [2.75, 3.05) is 16.8 Å². The second kappa shape index (κ2) is 6.34. The van der Waals surface area contributed by atoms with Gasteiger partial charge in [-0.3, -0.25) is 4.79 Å². The molecule has 17 heavy (non-hydrogen) atoms. The highest BCUT2D eigenvalue weighted by Crippen LogP contribution is 2.19. The van der Waals surface area contributed by atoms with E-state index in [4.69, 9.17) is 0 Å². The predicted molar refractivity (Wildman–Crippen MR) is 62.5 cm³/mol. The van der Waals surface area contributed by atoms with Gasteiger partial charge >= 0.3 is 0 Å². The molecule has 0 heterocycles. The Morgan fingerprint density at radius 1 is 1.35 bits per heavy atom. The van der Waals surface area contributed by atoms with E-state index in [0.29, 0.717) is 5.75 Å². The largest absolute Gasteiger partial charge is 0.323 e. The Kier molecular flexibility index (Phi) is 5.09. The number of carbonyl (C=O) groups excluding carboxylic acids is 1. The van der Waals surface area contributed by atoms with Crippen molar-refractivity contribution in [2.45, 2.75) is 0 Å². The summed E-state index contributed by atoms with van der Waals surface area (Å²) in [5.74, 6) is -4.10. The number of benzene rings is 1. The molecule has 1 rings (SSSR count). The van der Waals surface area contributed by atoms with Gasteiger partial charge in [0.25, 0.3) is 0 Å². The maximum Gasteiger partial charge on any atom is 0.234 e. The normalized spacial score (nSPS) is 10.1. The maximum absolute atomic E-state index is 13.2. The number of hydrogen-bond donors (Lipinski definition) is 1. The van der Waals surface area contributed by atoms with Gasteiger partial charge in [0.05, 0.1) is 11.4 Å². The molecule has 0 radical (unpaired) electrons. The van der Waals surface area contributed by atoms with Crippen molar-refractivity contribution in [1.82, 2.24) is 0 Å². The van der Waals surface area contributed by atoms with Crippen LogP contribution in [0, 0.1) is 17.5 Å². The van der Waals surface area contributed by atoms with Crippen LogP contribution in [0.1, 0.15) is 0 Å². The summed E-state index contributed by atoms with van der Waals surface area (Å²) in [4.78, 5) is 11.3. The first-order valence-corrected chi connectivity index (χ1v) is 5.83. The summed E-state index contributed by atoms with van der Waals surface area (Å²) in [5.41, 5.74) is -0.367. The Hall–Kier alpha value is -1.43. The van der Waals surface area contributed by atoms with Gasteiger partial charge in [0.1, 0.15) is 0 Å². The molecule has 1 aromatic carbocycles. The number of amides is 1. The fraction of sp³-hybridized carbons (Fsp3) is 0.182. The first-order chi connectivity index (χ1) is 8.06. The highest BCUT2D eigenvalue weighted by molar-refractivity contribution is 8.00. The molecule has 0 saturated carbocycles. The topological polar surface area (TPSA) is 29.1 Å². The molecular formula is C11H10F3NOS. The van der Waals surface area contributed by atoms with Gasteiger partial charge in [-0.15, -0.1) is 18.3 Å². The highest BCUT2D eigenvalue weighted by Gasteiger charge is 2.14. The van der Waals surface area contributed by atoms with Crippen LogP contribution in [-0.2, 0) is 4.79 Å². The molecule has 0 spiro atoms. The number of rotatable bonds is 5. The van der Waals surface area contributed by atoms with Crippen LogP contribution in [0.3, 0.4) is 0 Å². The molecule has 0 atom stereocenters. The van der Waals surface area contributed by atoms with Crippen molar-refractivity contribution in [3.63, 3.8) is 0 Å². The third-order valence-corrected chi connectivity index (χ3v) is 2.72. The van der Waals surface area contributed by atoms with Crippen LogP contribution in [0.5, 0.6) is 0 Å². The Bertz CT molecular complexity index is 437. The molecule has 6 heteroatoms. The van der Waals surface area contributed by atoms with Gasteiger partial charge in [0.2, 0.25) is 5.91 Å². The number of carbonyl (C=O) groups is 1. The Balaban J connectivity index is 2.66. The van der Waals surface area contributed by atoms with Crippen molar-refractivity contribution in [1.29, 1.82) is 0 Å². The van der Waals surface area contributed by atoms with Crippen LogP contribution in [0.4, 0.5) is 18.9 Å². The average molecular weight is 261 g/mol. The van der Waals surface area contributed by atoms with Crippen LogP contribution in [0.2, 0.25) is 0 Å². The van der Waals surface area contributed by atoms with E-state index in [1.807, 2.05) is 0 Å². The molecule has 92 valence electrons. The van der Waals surface area contributed by atoms with Crippen molar-refractivity contribution in [3.05, 3.63) is 42.2 Å². The lowest BCUT2D eigenvalue weighted by Gasteiger charge is -2.06. The smallest absolute Gasteiger partial charge is 0.234 e. The maximum atomic E-state index is 13.2. The van der Waals surface area contributed by atoms with Crippen LogP contribution >= 0.6 is 11.8 Å². The lowest BCUT2D eigenvalue weighted by Crippen LogP contribution is -2.16. The highest BCUT2D eigenvalue weighted by atomic mass is 32.2.